The van der Waals surface area contributed by atoms with Gasteiger partial charge in [0, 0.05) is 18.8 Å². The first-order valence-electron chi connectivity index (χ1n) is 5.09. The number of hydrazine groups is 1. The first-order chi connectivity index (χ1) is 6.83. The molecule has 1 fully saturated rings. The molecule has 1 rings (SSSR count). The van der Waals surface area contributed by atoms with Crippen molar-refractivity contribution in [2.75, 3.05) is 32.1 Å². The van der Waals surface area contributed by atoms with Gasteiger partial charge in [0.2, 0.25) is 0 Å². The SMILES string of the molecule is CCCCSC(=S)NN1CCOCC1. The molecule has 1 saturated heterocycles. The minimum atomic E-state index is 0.801. The van der Waals surface area contributed by atoms with E-state index in [1.165, 1.54) is 12.8 Å². The van der Waals surface area contributed by atoms with Gasteiger partial charge in [-0.15, -0.1) is 0 Å². The van der Waals surface area contributed by atoms with Crippen LogP contribution in [0.4, 0.5) is 0 Å². The van der Waals surface area contributed by atoms with Crippen LogP contribution in [-0.2, 0) is 4.74 Å². The largest absolute Gasteiger partial charge is 0.379 e. The van der Waals surface area contributed by atoms with Gasteiger partial charge in [-0.2, -0.15) is 0 Å². The van der Waals surface area contributed by atoms with Crippen LogP contribution in [0.5, 0.6) is 0 Å². The number of unbranched alkanes of at least 4 members (excludes halogenated alkanes) is 1. The zero-order valence-electron chi connectivity index (χ0n) is 8.62. The van der Waals surface area contributed by atoms with E-state index in [1.807, 2.05) is 0 Å². The third kappa shape index (κ3) is 5.14. The Labute approximate surface area is 95.5 Å². The van der Waals surface area contributed by atoms with E-state index in [9.17, 15) is 0 Å². The molecule has 5 heteroatoms. The fraction of sp³-hybridized carbons (Fsp3) is 0.889. The summed E-state index contributed by atoms with van der Waals surface area (Å²) < 4.78 is 6.14. The highest BCUT2D eigenvalue weighted by Gasteiger charge is 2.10. The summed E-state index contributed by atoms with van der Waals surface area (Å²) in [4.78, 5) is 0. The van der Waals surface area contributed by atoms with Gasteiger partial charge in [-0.3, -0.25) is 0 Å². The van der Waals surface area contributed by atoms with E-state index in [2.05, 4.69) is 17.4 Å². The Hall–Kier alpha value is 0.160. The highest BCUT2D eigenvalue weighted by molar-refractivity contribution is 8.22. The molecule has 0 aromatic heterocycles. The van der Waals surface area contributed by atoms with Gasteiger partial charge in [0.25, 0.3) is 0 Å². The molecule has 0 aliphatic carbocycles. The summed E-state index contributed by atoms with van der Waals surface area (Å²) in [5, 5.41) is 2.13. The summed E-state index contributed by atoms with van der Waals surface area (Å²) in [6.45, 7) is 5.65. The maximum atomic E-state index is 5.25. The first kappa shape index (κ1) is 12.2. The number of thiocarbonyl (C=S) groups is 1. The van der Waals surface area contributed by atoms with Gasteiger partial charge in [-0.25, -0.2) is 5.01 Å². The summed E-state index contributed by atoms with van der Waals surface area (Å²) in [7, 11) is 0. The average molecular weight is 234 g/mol. The highest BCUT2D eigenvalue weighted by atomic mass is 32.2. The second kappa shape index (κ2) is 7.45. The Morgan fingerprint density at radius 3 is 2.86 bits per heavy atom. The fourth-order valence-corrected chi connectivity index (χ4v) is 2.34. The highest BCUT2D eigenvalue weighted by Crippen LogP contribution is 2.06. The van der Waals surface area contributed by atoms with E-state index in [0.717, 1.165) is 36.4 Å². The molecule has 1 aliphatic heterocycles. The normalized spacial score (nSPS) is 18.1. The Morgan fingerprint density at radius 1 is 1.50 bits per heavy atom. The maximum Gasteiger partial charge on any atom is 0.148 e. The quantitative estimate of drug-likeness (QED) is 0.589. The fourth-order valence-electron chi connectivity index (χ4n) is 1.15. The van der Waals surface area contributed by atoms with Crippen LogP contribution in [0.2, 0.25) is 0 Å². The van der Waals surface area contributed by atoms with Gasteiger partial charge >= 0.3 is 0 Å². The lowest BCUT2D eigenvalue weighted by Crippen LogP contribution is -2.47. The molecule has 1 heterocycles. The van der Waals surface area contributed by atoms with Gasteiger partial charge in [0.05, 0.1) is 13.2 Å². The van der Waals surface area contributed by atoms with Crippen molar-refractivity contribution >= 4 is 28.3 Å². The van der Waals surface area contributed by atoms with Gasteiger partial charge in [0.1, 0.15) is 4.32 Å². The van der Waals surface area contributed by atoms with Crippen molar-refractivity contribution in [2.45, 2.75) is 19.8 Å². The first-order valence-corrected chi connectivity index (χ1v) is 6.48. The summed E-state index contributed by atoms with van der Waals surface area (Å²) in [5.74, 6) is 1.12. The van der Waals surface area contributed by atoms with Gasteiger partial charge in [-0.05, 0) is 6.42 Å². The molecule has 3 nitrogen and oxygen atoms in total. The lowest BCUT2D eigenvalue weighted by atomic mass is 10.4. The number of nitrogens with one attached hydrogen (secondary N) is 1. The molecular formula is C9H18N2OS2. The van der Waals surface area contributed by atoms with Crippen molar-refractivity contribution in [3.63, 3.8) is 0 Å². The summed E-state index contributed by atoms with van der Waals surface area (Å²) >= 11 is 6.95. The predicted molar refractivity (Wildman–Crippen MR) is 65.5 cm³/mol. The second-order valence-corrected chi connectivity index (χ2v) is 4.97. The Bertz CT molecular complexity index is 172. The molecule has 0 atom stereocenters. The number of hydrogen-bond donors (Lipinski definition) is 1. The van der Waals surface area contributed by atoms with Crippen molar-refractivity contribution in [2.24, 2.45) is 0 Å². The topological polar surface area (TPSA) is 24.5 Å². The minimum absolute atomic E-state index is 0.801. The number of nitrogens with zero attached hydrogens (tertiary/aromatic N) is 1. The van der Waals surface area contributed by atoms with Crippen molar-refractivity contribution < 1.29 is 4.74 Å². The van der Waals surface area contributed by atoms with Gasteiger partial charge in [0.15, 0.2) is 0 Å². The number of hydrogen-bond acceptors (Lipinski definition) is 4. The molecule has 14 heavy (non-hydrogen) atoms. The third-order valence-corrected chi connectivity index (χ3v) is 3.28. The lowest BCUT2D eigenvalue weighted by molar-refractivity contribution is 0.0257. The molecule has 0 unspecified atom stereocenters. The minimum Gasteiger partial charge on any atom is -0.379 e. The van der Waals surface area contributed by atoms with Crippen LogP contribution in [0.3, 0.4) is 0 Å². The van der Waals surface area contributed by atoms with E-state index in [4.69, 9.17) is 17.0 Å². The van der Waals surface area contributed by atoms with Crippen molar-refractivity contribution in [3.05, 3.63) is 0 Å². The zero-order chi connectivity index (χ0) is 10.2. The molecule has 0 aromatic carbocycles. The molecule has 0 bridgehead atoms. The van der Waals surface area contributed by atoms with Crippen molar-refractivity contribution in [3.8, 4) is 0 Å². The Kier molecular flexibility index (Phi) is 6.51. The van der Waals surface area contributed by atoms with E-state index in [1.54, 1.807) is 11.8 Å². The summed E-state index contributed by atoms with van der Waals surface area (Å²) in [5.41, 5.74) is 3.23. The smallest absolute Gasteiger partial charge is 0.148 e. The Morgan fingerprint density at radius 2 is 2.21 bits per heavy atom. The maximum absolute atomic E-state index is 5.25. The van der Waals surface area contributed by atoms with E-state index >= 15 is 0 Å². The predicted octanol–water partition coefficient (Wildman–Crippen LogP) is 1.64. The van der Waals surface area contributed by atoms with Crippen LogP contribution in [0, 0.1) is 0 Å². The van der Waals surface area contributed by atoms with E-state index in [-0.39, 0.29) is 0 Å². The van der Waals surface area contributed by atoms with Crippen LogP contribution >= 0.6 is 24.0 Å². The van der Waals surface area contributed by atoms with Crippen LogP contribution < -0.4 is 5.43 Å². The standard InChI is InChI=1S/C9H18N2OS2/c1-2-3-8-14-9(13)10-11-4-6-12-7-5-11/h2-8H2,1H3,(H,10,13). The van der Waals surface area contributed by atoms with Crippen LogP contribution in [0.1, 0.15) is 19.8 Å². The number of morpholine rings is 1. The zero-order valence-corrected chi connectivity index (χ0v) is 10.3. The molecule has 1 aliphatic rings. The molecule has 0 amide bonds. The number of thioether (sulfide) groups is 1. The molecular weight excluding hydrogens is 216 g/mol. The van der Waals surface area contributed by atoms with E-state index < -0.39 is 0 Å². The van der Waals surface area contributed by atoms with Crippen LogP contribution in [-0.4, -0.2) is 41.4 Å². The Balaban J connectivity index is 2.06. The molecule has 1 N–H and O–H groups in total. The summed E-state index contributed by atoms with van der Waals surface area (Å²) in [6.07, 6.45) is 2.46. The van der Waals surface area contributed by atoms with E-state index in [0.29, 0.717) is 0 Å². The van der Waals surface area contributed by atoms with Crippen LogP contribution in [0.25, 0.3) is 0 Å². The molecule has 0 aromatic rings. The third-order valence-electron chi connectivity index (χ3n) is 1.99. The lowest BCUT2D eigenvalue weighted by Gasteiger charge is -2.27. The molecule has 0 saturated carbocycles. The number of rotatable bonds is 4. The molecule has 82 valence electrons. The second-order valence-electron chi connectivity index (χ2n) is 3.20. The van der Waals surface area contributed by atoms with Crippen molar-refractivity contribution in [1.82, 2.24) is 10.4 Å². The average Bonchev–Trinajstić information content (AvgIpc) is 2.20. The monoisotopic (exact) mass is 234 g/mol. The van der Waals surface area contributed by atoms with Crippen molar-refractivity contribution in [1.29, 1.82) is 0 Å². The van der Waals surface area contributed by atoms with Gasteiger partial charge in [-0.1, -0.05) is 37.3 Å². The number of ether oxygens (including phenoxy) is 1. The summed E-state index contributed by atoms with van der Waals surface area (Å²) in [6, 6.07) is 0. The molecule has 0 radical (unpaired) electrons. The van der Waals surface area contributed by atoms with Gasteiger partial charge < -0.3 is 10.2 Å². The van der Waals surface area contributed by atoms with Crippen LogP contribution in [0.15, 0.2) is 0 Å². The molecule has 0 spiro atoms.